The maximum atomic E-state index is 6.05. The molecule has 0 saturated carbocycles. The van der Waals surface area contributed by atoms with Gasteiger partial charge in [-0.05, 0) is 50.4 Å². The molecule has 2 unspecified atom stereocenters. The molecule has 0 aromatic heterocycles. The molecule has 112 valence electrons. The number of nitrogens with two attached hydrogens (primary N) is 1. The van der Waals surface area contributed by atoms with Crippen LogP contribution in [0.4, 0.5) is 0 Å². The third-order valence-electron chi connectivity index (χ3n) is 4.17. The fourth-order valence-electron chi connectivity index (χ4n) is 2.91. The Morgan fingerprint density at radius 3 is 2.80 bits per heavy atom. The van der Waals surface area contributed by atoms with Gasteiger partial charge in [0.2, 0.25) is 0 Å². The van der Waals surface area contributed by atoms with Crippen molar-refractivity contribution in [3.8, 4) is 11.5 Å². The second-order valence-electron chi connectivity index (χ2n) is 5.67. The minimum Gasteiger partial charge on any atom is -0.497 e. The Morgan fingerprint density at radius 2 is 2.15 bits per heavy atom. The number of ether oxygens (including phenoxy) is 2. The van der Waals surface area contributed by atoms with Crippen LogP contribution in [0.15, 0.2) is 18.2 Å². The number of hydrogen-bond acceptors (Lipinski definition) is 4. The predicted molar refractivity (Wildman–Crippen MR) is 81.2 cm³/mol. The maximum absolute atomic E-state index is 6.05. The van der Waals surface area contributed by atoms with Crippen LogP contribution in [0.25, 0.3) is 0 Å². The van der Waals surface area contributed by atoms with E-state index in [0.717, 1.165) is 31.1 Å². The summed E-state index contributed by atoms with van der Waals surface area (Å²) in [6, 6.07) is 6.24. The standard InChI is InChI=1S/C16H26N2O2/c1-12(17)13-5-4-8-18(10-13)11-14-9-15(19-2)6-7-16(14)20-3/h6-7,9,12-13H,4-5,8,10-11,17H2,1-3H3. The highest BCUT2D eigenvalue weighted by molar-refractivity contribution is 5.40. The summed E-state index contributed by atoms with van der Waals surface area (Å²) in [5.41, 5.74) is 7.23. The van der Waals surface area contributed by atoms with E-state index in [2.05, 4.69) is 17.9 Å². The molecule has 0 spiro atoms. The van der Waals surface area contributed by atoms with E-state index in [1.54, 1.807) is 14.2 Å². The second-order valence-corrected chi connectivity index (χ2v) is 5.67. The van der Waals surface area contributed by atoms with Gasteiger partial charge in [0.05, 0.1) is 14.2 Å². The Kier molecular flexibility index (Phi) is 5.26. The van der Waals surface area contributed by atoms with E-state index in [9.17, 15) is 0 Å². The fourth-order valence-corrected chi connectivity index (χ4v) is 2.91. The molecule has 20 heavy (non-hydrogen) atoms. The average molecular weight is 278 g/mol. The average Bonchev–Trinajstić information content (AvgIpc) is 2.47. The summed E-state index contributed by atoms with van der Waals surface area (Å²) < 4.78 is 10.8. The van der Waals surface area contributed by atoms with Crippen molar-refractivity contribution < 1.29 is 9.47 Å². The molecule has 2 rings (SSSR count). The summed E-state index contributed by atoms with van der Waals surface area (Å²) >= 11 is 0. The quantitative estimate of drug-likeness (QED) is 0.897. The molecule has 1 aromatic rings. The Balaban J connectivity index is 2.08. The highest BCUT2D eigenvalue weighted by Crippen LogP contribution is 2.27. The predicted octanol–water partition coefficient (Wildman–Crippen LogP) is 2.26. The molecule has 2 N–H and O–H groups in total. The molecule has 1 heterocycles. The molecule has 2 atom stereocenters. The lowest BCUT2D eigenvalue weighted by Gasteiger charge is -2.34. The molecule has 1 aliphatic heterocycles. The van der Waals surface area contributed by atoms with Crippen molar-refractivity contribution in [2.75, 3.05) is 27.3 Å². The van der Waals surface area contributed by atoms with Crippen LogP contribution in [0.5, 0.6) is 11.5 Å². The number of rotatable bonds is 5. The molecule has 0 amide bonds. The van der Waals surface area contributed by atoms with Gasteiger partial charge in [-0.15, -0.1) is 0 Å². The van der Waals surface area contributed by atoms with Gasteiger partial charge in [-0.2, -0.15) is 0 Å². The van der Waals surface area contributed by atoms with E-state index in [1.807, 2.05) is 12.1 Å². The van der Waals surface area contributed by atoms with Gasteiger partial charge in [0, 0.05) is 24.7 Å². The van der Waals surface area contributed by atoms with Crippen molar-refractivity contribution in [2.24, 2.45) is 11.7 Å². The van der Waals surface area contributed by atoms with E-state index >= 15 is 0 Å². The van der Waals surface area contributed by atoms with E-state index in [-0.39, 0.29) is 6.04 Å². The molecule has 4 nitrogen and oxygen atoms in total. The van der Waals surface area contributed by atoms with Crippen LogP contribution in [0.3, 0.4) is 0 Å². The van der Waals surface area contributed by atoms with Crippen LogP contribution in [0, 0.1) is 5.92 Å². The summed E-state index contributed by atoms with van der Waals surface area (Å²) in [5, 5.41) is 0. The van der Waals surface area contributed by atoms with Gasteiger partial charge < -0.3 is 15.2 Å². The first kappa shape index (κ1) is 15.1. The lowest BCUT2D eigenvalue weighted by molar-refractivity contribution is 0.153. The Hall–Kier alpha value is -1.26. The zero-order chi connectivity index (χ0) is 14.5. The third-order valence-corrected chi connectivity index (χ3v) is 4.17. The summed E-state index contributed by atoms with van der Waals surface area (Å²) in [7, 11) is 3.41. The summed E-state index contributed by atoms with van der Waals surface area (Å²) in [5.74, 6) is 2.40. The van der Waals surface area contributed by atoms with Crippen LogP contribution in [-0.2, 0) is 6.54 Å². The number of hydrogen-bond donors (Lipinski definition) is 1. The van der Waals surface area contributed by atoms with Crippen molar-refractivity contribution in [3.05, 3.63) is 23.8 Å². The highest BCUT2D eigenvalue weighted by Gasteiger charge is 2.23. The molecule has 4 heteroatoms. The van der Waals surface area contributed by atoms with Gasteiger partial charge in [0.15, 0.2) is 0 Å². The normalized spacial score (nSPS) is 21.5. The lowest BCUT2D eigenvalue weighted by atomic mass is 9.92. The Morgan fingerprint density at radius 1 is 1.35 bits per heavy atom. The van der Waals surface area contributed by atoms with Crippen LogP contribution in [0.1, 0.15) is 25.3 Å². The first-order valence-electron chi connectivity index (χ1n) is 7.33. The minimum atomic E-state index is 0.269. The summed E-state index contributed by atoms with van der Waals surface area (Å²) in [6.07, 6.45) is 2.46. The number of benzene rings is 1. The van der Waals surface area contributed by atoms with Crippen LogP contribution in [-0.4, -0.2) is 38.3 Å². The first-order chi connectivity index (χ1) is 9.63. The molecule has 0 aliphatic carbocycles. The topological polar surface area (TPSA) is 47.7 Å². The largest absolute Gasteiger partial charge is 0.497 e. The van der Waals surface area contributed by atoms with Crippen molar-refractivity contribution in [1.82, 2.24) is 4.90 Å². The molecular formula is C16H26N2O2. The van der Waals surface area contributed by atoms with Gasteiger partial charge >= 0.3 is 0 Å². The van der Waals surface area contributed by atoms with E-state index in [4.69, 9.17) is 15.2 Å². The third kappa shape index (κ3) is 3.64. The molecule has 1 saturated heterocycles. The fraction of sp³-hybridized carbons (Fsp3) is 0.625. The smallest absolute Gasteiger partial charge is 0.123 e. The lowest BCUT2D eigenvalue weighted by Crippen LogP contribution is -2.41. The van der Waals surface area contributed by atoms with Gasteiger partial charge in [-0.1, -0.05) is 0 Å². The monoisotopic (exact) mass is 278 g/mol. The number of nitrogens with zero attached hydrogens (tertiary/aromatic N) is 1. The number of piperidine rings is 1. The summed E-state index contributed by atoms with van der Waals surface area (Å²) in [6.45, 7) is 5.20. The second kappa shape index (κ2) is 6.95. The zero-order valence-corrected chi connectivity index (χ0v) is 12.8. The highest BCUT2D eigenvalue weighted by atomic mass is 16.5. The van der Waals surface area contributed by atoms with Crippen LogP contribution < -0.4 is 15.2 Å². The molecular weight excluding hydrogens is 252 g/mol. The number of methoxy groups -OCH3 is 2. The van der Waals surface area contributed by atoms with Gasteiger partial charge in [0.1, 0.15) is 11.5 Å². The zero-order valence-electron chi connectivity index (χ0n) is 12.8. The molecule has 1 aliphatic rings. The van der Waals surface area contributed by atoms with E-state index in [0.29, 0.717) is 5.92 Å². The van der Waals surface area contributed by atoms with Crippen molar-refractivity contribution >= 4 is 0 Å². The molecule has 0 bridgehead atoms. The van der Waals surface area contributed by atoms with Gasteiger partial charge in [0.25, 0.3) is 0 Å². The Bertz CT molecular complexity index is 434. The minimum absolute atomic E-state index is 0.269. The maximum Gasteiger partial charge on any atom is 0.123 e. The Labute approximate surface area is 121 Å². The SMILES string of the molecule is COc1ccc(OC)c(CN2CCCC(C(C)N)C2)c1. The molecule has 1 fully saturated rings. The first-order valence-corrected chi connectivity index (χ1v) is 7.33. The van der Waals surface area contributed by atoms with Gasteiger partial charge in [-0.3, -0.25) is 4.90 Å². The van der Waals surface area contributed by atoms with E-state index < -0.39 is 0 Å². The van der Waals surface area contributed by atoms with Crippen LogP contribution in [0.2, 0.25) is 0 Å². The van der Waals surface area contributed by atoms with Crippen LogP contribution >= 0.6 is 0 Å². The number of likely N-dealkylation sites (tertiary alicyclic amines) is 1. The van der Waals surface area contributed by atoms with Crippen molar-refractivity contribution in [3.63, 3.8) is 0 Å². The van der Waals surface area contributed by atoms with Crippen molar-refractivity contribution in [1.29, 1.82) is 0 Å². The molecule has 1 aromatic carbocycles. The van der Waals surface area contributed by atoms with Crippen molar-refractivity contribution in [2.45, 2.75) is 32.4 Å². The summed E-state index contributed by atoms with van der Waals surface area (Å²) in [4.78, 5) is 2.47. The van der Waals surface area contributed by atoms with E-state index in [1.165, 1.54) is 18.4 Å². The van der Waals surface area contributed by atoms with Gasteiger partial charge in [-0.25, -0.2) is 0 Å². The molecule has 0 radical (unpaired) electrons.